The monoisotopic (exact) mass is 361 g/mol. The van der Waals surface area contributed by atoms with Gasteiger partial charge in [-0.1, -0.05) is 23.9 Å². The van der Waals surface area contributed by atoms with Crippen molar-refractivity contribution in [2.45, 2.75) is 56.9 Å². The highest BCUT2D eigenvalue weighted by molar-refractivity contribution is 7.99. The highest BCUT2D eigenvalue weighted by atomic mass is 32.2. The topological polar surface area (TPSA) is 75.4 Å². The van der Waals surface area contributed by atoms with Crippen LogP contribution in [-0.4, -0.2) is 49.3 Å². The third kappa shape index (κ3) is 3.81. The first-order valence-electron chi connectivity index (χ1n) is 8.58. The molecule has 1 aromatic heterocycles. The van der Waals surface area contributed by atoms with E-state index in [0.29, 0.717) is 5.16 Å². The number of aromatic nitrogens is 2. The van der Waals surface area contributed by atoms with Crippen LogP contribution in [0, 0.1) is 0 Å². The molecule has 1 aliphatic rings. The van der Waals surface area contributed by atoms with Crippen LogP contribution >= 0.6 is 11.8 Å². The van der Waals surface area contributed by atoms with Gasteiger partial charge in [0.15, 0.2) is 5.16 Å². The number of carboxylic acid groups (broad SMARTS) is 1. The molecular weight excluding hydrogens is 338 g/mol. The lowest BCUT2D eigenvalue weighted by atomic mass is 9.97. The number of benzene rings is 1. The summed E-state index contributed by atoms with van der Waals surface area (Å²) in [5.74, 6) is -0.901. The molecule has 1 amide bonds. The Bertz CT molecular complexity index is 779. The van der Waals surface area contributed by atoms with Crippen LogP contribution < -0.4 is 0 Å². The maximum absolute atomic E-state index is 13.0. The van der Waals surface area contributed by atoms with E-state index in [2.05, 4.69) is 18.8 Å². The summed E-state index contributed by atoms with van der Waals surface area (Å²) < 4.78 is 1.85. The van der Waals surface area contributed by atoms with Gasteiger partial charge in [-0.25, -0.2) is 4.98 Å². The maximum Gasteiger partial charge on any atom is 0.313 e. The normalized spacial score (nSPS) is 20.8. The Hall–Kier alpha value is -2.02. The summed E-state index contributed by atoms with van der Waals surface area (Å²) in [5.41, 5.74) is 1.64. The first kappa shape index (κ1) is 17.8. The van der Waals surface area contributed by atoms with E-state index in [1.165, 1.54) is 0 Å². The van der Waals surface area contributed by atoms with Gasteiger partial charge in [0.25, 0.3) is 0 Å². The molecule has 1 N–H and O–H groups in total. The van der Waals surface area contributed by atoms with E-state index in [4.69, 9.17) is 5.11 Å². The minimum absolute atomic E-state index is 0.0695. The quantitative estimate of drug-likeness (QED) is 0.829. The number of thioether (sulfide) groups is 1. The van der Waals surface area contributed by atoms with Crippen LogP contribution in [0.2, 0.25) is 0 Å². The number of fused-ring (bicyclic) bond motifs is 1. The fraction of sp³-hybridized carbons (Fsp3) is 0.500. The Kier molecular flexibility index (Phi) is 5.32. The molecule has 1 aromatic carbocycles. The number of hydrogen-bond donors (Lipinski definition) is 1. The number of piperidine rings is 1. The molecule has 1 fully saturated rings. The highest BCUT2D eigenvalue weighted by Gasteiger charge is 2.29. The number of rotatable bonds is 5. The van der Waals surface area contributed by atoms with Gasteiger partial charge >= 0.3 is 5.97 Å². The lowest BCUT2D eigenvalue weighted by Crippen LogP contribution is -2.48. The third-order valence-corrected chi connectivity index (χ3v) is 5.68. The number of amides is 1. The molecule has 6 nitrogen and oxygen atoms in total. The van der Waals surface area contributed by atoms with Gasteiger partial charge in [0.2, 0.25) is 5.91 Å². The first-order valence-corrected chi connectivity index (χ1v) is 9.57. The molecule has 2 atom stereocenters. The zero-order valence-electron chi connectivity index (χ0n) is 14.5. The van der Waals surface area contributed by atoms with Crippen molar-refractivity contribution in [2.24, 2.45) is 0 Å². The summed E-state index contributed by atoms with van der Waals surface area (Å²) in [6, 6.07) is 8.07. The molecule has 25 heavy (non-hydrogen) atoms. The van der Waals surface area contributed by atoms with E-state index < -0.39 is 5.97 Å². The second kappa shape index (κ2) is 7.47. The van der Waals surface area contributed by atoms with Crippen molar-refractivity contribution in [2.75, 3.05) is 5.75 Å². The van der Waals surface area contributed by atoms with E-state index in [-0.39, 0.29) is 30.3 Å². The molecule has 0 radical (unpaired) electrons. The van der Waals surface area contributed by atoms with E-state index in [1.807, 2.05) is 33.7 Å². The predicted molar refractivity (Wildman–Crippen MR) is 97.7 cm³/mol. The van der Waals surface area contributed by atoms with Crippen molar-refractivity contribution in [3.05, 3.63) is 24.3 Å². The molecule has 1 aliphatic heterocycles. The van der Waals surface area contributed by atoms with Crippen LogP contribution in [-0.2, 0) is 16.1 Å². The maximum atomic E-state index is 13.0. The van der Waals surface area contributed by atoms with Crippen molar-refractivity contribution < 1.29 is 14.7 Å². The molecule has 0 spiro atoms. The molecule has 134 valence electrons. The van der Waals surface area contributed by atoms with Gasteiger partial charge in [0, 0.05) is 12.1 Å². The Balaban J connectivity index is 1.89. The van der Waals surface area contributed by atoms with Crippen LogP contribution in [0.5, 0.6) is 0 Å². The van der Waals surface area contributed by atoms with Crippen LogP contribution in [0.4, 0.5) is 0 Å². The summed E-state index contributed by atoms with van der Waals surface area (Å²) >= 11 is 1.15. The lowest BCUT2D eigenvalue weighted by molar-refractivity contribution is -0.138. The Morgan fingerprint density at radius 3 is 2.60 bits per heavy atom. The number of likely N-dealkylation sites (tertiary alicyclic amines) is 1. The van der Waals surface area contributed by atoms with Crippen molar-refractivity contribution in [3.8, 4) is 0 Å². The Morgan fingerprint density at radius 1 is 1.24 bits per heavy atom. The summed E-state index contributed by atoms with van der Waals surface area (Å²) in [5, 5.41) is 9.54. The molecule has 0 unspecified atom stereocenters. The van der Waals surface area contributed by atoms with E-state index in [1.54, 1.807) is 0 Å². The van der Waals surface area contributed by atoms with Crippen LogP contribution in [0.1, 0.15) is 33.1 Å². The second-order valence-corrected chi connectivity index (χ2v) is 7.52. The van der Waals surface area contributed by atoms with Crippen molar-refractivity contribution in [1.29, 1.82) is 0 Å². The number of hydrogen-bond acceptors (Lipinski definition) is 4. The molecule has 0 aliphatic carbocycles. The third-order valence-electron chi connectivity index (χ3n) is 4.72. The van der Waals surface area contributed by atoms with Gasteiger partial charge < -0.3 is 14.6 Å². The first-order chi connectivity index (χ1) is 12.0. The molecular formula is C18H23N3O3S. The Morgan fingerprint density at radius 2 is 1.92 bits per heavy atom. The van der Waals surface area contributed by atoms with Crippen molar-refractivity contribution in [1.82, 2.24) is 14.5 Å². The lowest BCUT2D eigenvalue weighted by Gasteiger charge is -2.39. The standard InChI is InChI=1S/C18H23N3O3S/c1-12-6-5-7-13(2)21(12)16(22)10-20-15-9-4-3-8-14(15)19-18(20)25-11-17(23)24/h3-4,8-9,12-13H,5-7,10-11H2,1-2H3,(H,23,24)/t12-,13+. The summed E-state index contributed by atoms with van der Waals surface area (Å²) in [4.78, 5) is 30.4. The molecule has 7 heteroatoms. The molecule has 1 saturated heterocycles. The number of imidazole rings is 1. The Labute approximate surface area is 151 Å². The molecule has 2 heterocycles. The highest BCUT2D eigenvalue weighted by Crippen LogP contribution is 2.26. The molecule has 2 aromatic rings. The zero-order chi connectivity index (χ0) is 18.0. The SMILES string of the molecule is C[C@@H]1CCC[C@H](C)N1C(=O)Cn1c(SCC(=O)O)nc2ccccc21. The van der Waals surface area contributed by atoms with Gasteiger partial charge in [-0.05, 0) is 45.2 Å². The van der Waals surface area contributed by atoms with Gasteiger partial charge in [0.05, 0.1) is 16.8 Å². The van der Waals surface area contributed by atoms with Crippen LogP contribution in [0.25, 0.3) is 11.0 Å². The van der Waals surface area contributed by atoms with Crippen molar-refractivity contribution >= 4 is 34.7 Å². The fourth-order valence-corrected chi connectivity index (χ4v) is 4.31. The van der Waals surface area contributed by atoms with Gasteiger partial charge in [-0.15, -0.1) is 0 Å². The van der Waals surface area contributed by atoms with E-state index >= 15 is 0 Å². The largest absolute Gasteiger partial charge is 0.481 e. The van der Waals surface area contributed by atoms with Gasteiger partial charge in [-0.3, -0.25) is 9.59 Å². The fourth-order valence-electron chi connectivity index (χ4n) is 3.57. The number of carboxylic acids is 1. The summed E-state index contributed by atoms with van der Waals surface area (Å²) in [6.45, 7) is 4.39. The number of aliphatic carboxylic acids is 1. The number of carbonyl (C=O) groups is 2. The summed E-state index contributed by atoms with van der Waals surface area (Å²) in [7, 11) is 0. The van der Waals surface area contributed by atoms with Crippen molar-refractivity contribution in [3.63, 3.8) is 0 Å². The molecule has 0 saturated carbocycles. The average molecular weight is 361 g/mol. The van der Waals surface area contributed by atoms with Gasteiger partial charge in [-0.2, -0.15) is 0 Å². The minimum atomic E-state index is -0.895. The van der Waals surface area contributed by atoms with Gasteiger partial charge in [0.1, 0.15) is 6.54 Å². The van der Waals surface area contributed by atoms with Crippen LogP contribution in [0.15, 0.2) is 29.4 Å². The van der Waals surface area contributed by atoms with E-state index in [0.717, 1.165) is 42.1 Å². The smallest absolute Gasteiger partial charge is 0.313 e. The number of carbonyl (C=O) groups excluding carboxylic acids is 1. The molecule has 0 bridgehead atoms. The number of nitrogens with zero attached hydrogens (tertiary/aromatic N) is 3. The molecule has 3 rings (SSSR count). The van der Waals surface area contributed by atoms with E-state index in [9.17, 15) is 9.59 Å². The zero-order valence-corrected chi connectivity index (χ0v) is 15.3. The minimum Gasteiger partial charge on any atom is -0.481 e. The number of para-hydroxylation sites is 2. The van der Waals surface area contributed by atoms with Crippen LogP contribution in [0.3, 0.4) is 0 Å². The summed E-state index contributed by atoms with van der Waals surface area (Å²) in [6.07, 6.45) is 3.21. The predicted octanol–water partition coefficient (Wildman–Crippen LogP) is 3.00. The average Bonchev–Trinajstić information content (AvgIpc) is 2.90. The second-order valence-electron chi connectivity index (χ2n) is 6.58.